The molecule has 5 nitrogen and oxygen atoms in total. The molecule has 1 heterocycles. The zero-order valence-corrected chi connectivity index (χ0v) is 9.19. The summed E-state index contributed by atoms with van der Waals surface area (Å²) in [5, 5.41) is 11.2. The van der Waals surface area contributed by atoms with Gasteiger partial charge in [-0.25, -0.2) is 0 Å². The van der Waals surface area contributed by atoms with Crippen LogP contribution >= 0.6 is 0 Å². The molecule has 1 saturated heterocycles. The molecule has 2 N–H and O–H groups in total. The number of likely N-dealkylation sites (tertiary alicyclic amines) is 1. The van der Waals surface area contributed by atoms with Crippen molar-refractivity contribution >= 4 is 11.9 Å². The molecule has 15 heavy (non-hydrogen) atoms. The standard InChI is InChI=1S/C10H18N2O3/c1-7(10(14)15)11-9(13)8-5-3-4-6-12(8)2/h7-8H,3-6H2,1-2H3,(H,11,13)(H,14,15)/t7-,8?/m0/s1. The van der Waals surface area contributed by atoms with Gasteiger partial charge in [0.25, 0.3) is 0 Å². The molecule has 0 bridgehead atoms. The number of carboxylic acids is 1. The Kier molecular flexibility index (Phi) is 4.08. The fraction of sp³-hybridized carbons (Fsp3) is 0.800. The average Bonchev–Trinajstić information content (AvgIpc) is 2.18. The zero-order valence-electron chi connectivity index (χ0n) is 9.19. The summed E-state index contributed by atoms with van der Waals surface area (Å²) in [6.45, 7) is 2.38. The molecule has 1 amide bonds. The molecule has 0 saturated carbocycles. The summed E-state index contributed by atoms with van der Waals surface area (Å²) in [5.41, 5.74) is 0. The minimum absolute atomic E-state index is 0.166. The molecule has 0 aromatic heterocycles. The van der Waals surface area contributed by atoms with Gasteiger partial charge in [-0.3, -0.25) is 14.5 Å². The summed E-state index contributed by atoms with van der Waals surface area (Å²) >= 11 is 0. The van der Waals surface area contributed by atoms with E-state index in [9.17, 15) is 9.59 Å². The number of piperidine rings is 1. The Morgan fingerprint density at radius 2 is 2.13 bits per heavy atom. The second-order valence-electron chi connectivity index (χ2n) is 4.06. The molecule has 0 aliphatic carbocycles. The largest absolute Gasteiger partial charge is 0.480 e. The van der Waals surface area contributed by atoms with Crippen LogP contribution in [0.5, 0.6) is 0 Å². The van der Waals surface area contributed by atoms with Gasteiger partial charge in [-0.2, -0.15) is 0 Å². The van der Waals surface area contributed by atoms with Gasteiger partial charge in [0.2, 0.25) is 5.91 Å². The second kappa shape index (κ2) is 5.11. The highest BCUT2D eigenvalue weighted by Crippen LogP contribution is 2.14. The fourth-order valence-corrected chi connectivity index (χ4v) is 1.78. The predicted octanol–water partition coefficient (Wildman–Crippen LogP) is 0.0600. The summed E-state index contributed by atoms with van der Waals surface area (Å²) in [7, 11) is 1.90. The van der Waals surface area contributed by atoms with Gasteiger partial charge in [0, 0.05) is 0 Å². The first-order chi connectivity index (χ1) is 7.02. The normalized spacial score (nSPS) is 24.5. The number of rotatable bonds is 3. The Morgan fingerprint density at radius 3 is 2.67 bits per heavy atom. The number of carbonyl (C=O) groups is 2. The van der Waals surface area contributed by atoms with Gasteiger partial charge in [0.05, 0.1) is 6.04 Å². The van der Waals surface area contributed by atoms with Crippen LogP contribution in [-0.2, 0) is 9.59 Å². The van der Waals surface area contributed by atoms with Gasteiger partial charge >= 0.3 is 5.97 Å². The van der Waals surface area contributed by atoms with Crippen LogP contribution in [0, 0.1) is 0 Å². The molecule has 0 radical (unpaired) electrons. The average molecular weight is 214 g/mol. The van der Waals surface area contributed by atoms with Gasteiger partial charge in [0.15, 0.2) is 0 Å². The molecule has 1 fully saturated rings. The number of aliphatic carboxylic acids is 1. The highest BCUT2D eigenvalue weighted by atomic mass is 16.4. The van der Waals surface area contributed by atoms with E-state index in [2.05, 4.69) is 5.32 Å². The number of hydrogen-bond donors (Lipinski definition) is 2. The van der Waals surface area contributed by atoms with E-state index < -0.39 is 12.0 Å². The minimum atomic E-state index is -0.998. The summed E-state index contributed by atoms with van der Waals surface area (Å²) in [6, 6.07) is -0.978. The van der Waals surface area contributed by atoms with Crippen LogP contribution in [-0.4, -0.2) is 47.6 Å². The van der Waals surface area contributed by atoms with E-state index in [1.165, 1.54) is 6.92 Å². The van der Waals surface area contributed by atoms with Crippen LogP contribution in [0.4, 0.5) is 0 Å². The van der Waals surface area contributed by atoms with Gasteiger partial charge in [-0.1, -0.05) is 6.42 Å². The number of amides is 1. The first-order valence-corrected chi connectivity index (χ1v) is 5.26. The van der Waals surface area contributed by atoms with E-state index >= 15 is 0 Å². The van der Waals surface area contributed by atoms with Crippen LogP contribution in [0.1, 0.15) is 26.2 Å². The third kappa shape index (κ3) is 3.20. The molecule has 1 aliphatic heterocycles. The number of likely N-dealkylation sites (N-methyl/N-ethyl adjacent to an activating group) is 1. The van der Waals surface area contributed by atoms with Crippen molar-refractivity contribution in [3.63, 3.8) is 0 Å². The lowest BCUT2D eigenvalue weighted by molar-refractivity contribution is -0.142. The van der Waals surface area contributed by atoms with Crippen molar-refractivity contribution < 1.29 is 14.7 Å². The maximum absolute atomic E-state index is 11.7. The third-order valence-corrected chi connectivity index (χ3v) is 2.80. The molecule has 1 unspecified atom stereocenters. The van der Waals surface area contributed by atoms with Gasteiger partial charge in [-0.15, -0.1) is 0 Å². The van der Waals surface area contributed by atoms with E-state index in [4.69, 9.17) is 5.11 Å². The fourth-order valence-electron chi connectivity index (χ4n) is 1.78. The summed E-state index contributed by atoms with van der Waals surface area (Å²) in [5.74, 6) is -1.17. The van der Waals surface area contributed by atoms with Crippen molar-refractivity contribution in [2.24, 2.45) is 0 Å². The highest BCUT2D eigenvalue weighted by molar-refractivity contribution is 5.86. The number of hydrogen-bond acceptors (Lipinski definition) is 3. The smallest absolute Gasteiger partial charge is 0.325 e. The summed E-state index contributed by atoms with van der Waals surface area (Å²) in [4.78, 5) is 24.3. The topological polar surface area (TPSA) is 69.6 Å². The molecule has 1 rings (SSSR count). The van der Waals surface area contributed by atoms with E-state index in [-0.39, 0.29) is 11.9 Å². The Balaban J connectivity index is 2.48. The van der Waals surface area contributed by atoms with E-state index in [1.807, 2.05) is 11.9 Å². The first kappa shape index (κ1) is 12.0. The Labute approximate surface area is 89.4 Å². The number of nitrogens with one attached hydrogen (secondary N) is 1. The Hall–Kier alpha value is -1.10. The van der Waals surface area contributed by atoms with Crippen LogP contribution in [0.15, 0.2) is 0 Å². The number of carbonyl (C=O) groups excluding carboxylic acids is 1. The van der Waals surface area contributed by atoms with Crippen molar-refractivity contribution in [3.8, 4) is 0 Å². The van der Waals surface area contributed by atoms with E-state index in [0.717, 1.165) is 25.8 Å². The van der Waals surface area contributed by atoms with Gasteiger partial charge in [-0.05, 0) is 33.4 Å². The lowest BCUT2D eigenvalue weighted by atomic mass is 10.0. The van der Waals surface area contributed by atoms with Crippen LogP contribution in [0.2, 0.25) is 0 Å². The number of nitrogens with zero attached hydrogens (tertiary/aromatic N) is 1. The maximum Gasteiger partial charge on any atom is 0.325 e. The van der Waals surface area contributed by atoms with Crippen molar-refractivity contribution in [1.82, 2.24) is 10.2 Å². The highest BCUT2D eigenvalue weighted by Gasteiger charge is 2.27. The Morgan fingerprint density at radius 1 is 1.47 bits per heavy atom. The van der Waals surface area contributed by atoms with Crippen LogP contribution < -0.4 is 5.32 Å². The first-order valence-electron chi connectivity index (χ1n) is 5.26. The van der Waals surface area contributed by atoms with Crippen molar-refractivity contribution in [2.75, 3.05) is 13.6 Å². The second-order valence-corrected chi connectivity index (χ2v) is 4.06. The molecule has 5 heteroatoms. The SMILES string of the molecule is C[C@H](NC(=O)C1CCCCN1C)C(=O)O. The molecule has 2 atom stereocenters. The number of carboxylic acid groups (broad SMARTS) is 1. The molecule has 0 aromatic rings. The molecule has 1 aliphatic rings. The van der Waals surface area contributed by atoms with Crippen molar-refractivity contribution in [2.45, 2.75) is 38.3 Å². The van der Waals surface area contributed by atoms with Gasteiger partial charge in [0.1, 0.15) is 6.04 Å². The predicted molar refractivity (Wildman–Crippen MR) is 55.5 cm³/mol. The van der Waals surface area contributed by atoms with E-state index in [1.54, 1.807) is 0 Å². The lowest BCUT2D eigenvalue weighted by Gasteiger charge is -2.31. The van der Waals surface area contributed by atoms with Crippen molar-refractivity contribution in [3.05, 3.63) is 0 Å². The minimum Gasteiger partial charge on any atom is -0.480 e. The molecular weight excluding hydrogens is 196 g/mol. The molecule has 0 aromatic carbocycles. The maximum atomic E-state index is 11.7. The monoisotopic (exact) mass is 214 g/mol. The quantitative estimate of drug-likeness (QED) is 0.697. The van der Waals surface area contributed by atoms with Crippen LogP contribution in [0.3, 0.4) is 0 Å². The van der Waals surface area contributed by atoms with E-state index in [0.29, 0.717) is 0 Å². The third-order valence-electron chi connectivity index (χ3n) is 2.80. The summed E-state index contributed by atoms with van der Waals surface area (Å²) < 4.78 is 0. The van der Waals surface area contributed by atoms with Gasteiger partial charge < -0.3 is 10.4 Å². The Bertz CT molecular complexity index is 255. The lowest BCUT2D eigenvalue weighted by Crippen LogP contribution is -2.51. The molecule has 86 valence electrons. The van der Waals surface area contributed by atoms with Crippen molar-refractivity contribution in [1.29, 1.82) is 0 Å². The summed E-state index contributed by atoms with van der Waals surface area (Å²) in [6.07, 6.45) is 2.95. The van der Waals surface area contributed by atoms with Crippen LogP contribution in [0.25, 0.3) is 0 Å². The molecular formula is C10H18N2O3. The zero-order chi connectivity index (χ0) is 11.4. The molecule has 0 spiro atoms.